The van der Waals surface area contributed by atoms with Crippen LogP contribution in [0.5, 0.6) is 0 Å². The van der Waals surface area contributed by atoms with Crippen LogP contribution in [0.25, 0.3) is 0 Å². The molecule has 1 amide bonds. The molecule has 0 radical (unpaired) electrons. The van der Waals surface area contributed by atoms with E-state index in [1.165, 1.54) is 11.1 Å². The second-order valence-corrected chi connectivity index (χ2v) is 3.09. The van der Waals surface area contributed by atoms with Crippen molar-refractivity contribution in [1.29, 1.82) is 0 Å². The first-order chi connectivity index (χ1) is 6.27. The summed E-state index contributed by atoms with van der Waals surface area (Å²) in [6, 6.07) is 8.13. The average Bonchev–Trinajstić information content (AvgIpc) is 2.17. The van der Waals surface area contributed by atoms with Crippen LogP contribution in [-0.2, 0) is 11.3 Å². The number of benzene rings is 1. The molecule has 0 saturated heterocycles. The number of carbonyl (C=O) groups excluding carboxylic acids is 1. The molecule has 70 valence electrons. The maximum atomic E-state index is 10.6. The van der Waals surface area contributed by atoms with Gasteiger partial charge in [-0.25, -0.2) is 0 Å². The highest BCUT2D eigenvalue weighted by Crippen LogP contribution is 2.08. The molecule has 0 bridgehead atoms. The molecule has 0 saturated carbocycles. The van der Waals surface area contributed by atoms with Gasteiger partial charge in [-0.15, -0.1) is 0 Å². The topological polar surface area (TPSA) is 20.3 Å². The van der Waals surface area contributed by atoms with Crippen LogP contribution in [0, 0.1) is 6.92 Å². The summed E-state index contributed by atoms with van der Waals surface area (Å²) in [6.45, 7) is 5.52. The average molecular weight is 177 g/mol. The maximum absolute atomic E-state index is 10.6. The van der Waals surface area contributed by atoms with E-state index in [1.54, 1.807) is 4.90 Å². The zero-order valence-electron chi connectivity index (χ0n) is 8.16. The highest BCUT2D eigenvalue weighted by atomic mass is 16.1. The summed E-state index contributed by atoms with van der Waals surface area (Å²) in [5, 5.41) is 0. The number of hydrogen-bond donors (Lipinski definition) is 0. The van der Waals surface area contributed by atoms with Gasteiger partial charge < -0.3 is 4.90 Å². The van der Waals surface area contributed by atoms with Crippen LogP contribution in [0.3, 0.4) is 0 Å². The first kappa shape index (κ1) is 9.78. The summed E-state index contributed by atoms with van der Waals surface area (Å²) in [6.07, 6.45) is 0.895. The van der Waals surface area contributed by atoms with E-state index >= 15 is 0 Å². The third kappa shape index (κ3) is 2.58. The largest absolute Gasteiger partial charge is 0.341 e. The van der Waals surface area contributed by atoms with E-state index in [0.29, 0.717) is 6.54 Å². The molecule has 1 rings (SSSR count). The number of hydrogen-bond acceptors (Lipinski definition) is 1. The van der Waals surface area contributed by atoms with Gasteiger partial charge >= 0.3 is 0 Å². The fraction of sp³-hybridized carbons (Fsp3) is 0.364. The van der Waals surface area contributed by atoms with E-state index in [2.05, 4.69) is 19.1 Å². The summed E-state index contributed by atoms with van der Waals surface area (Å²) >= 11 is 0. The number of carbonyl (C=O) groups is 1. The number of aryl methyl sites for hydroxylation is 1. The third-order valence-corrected chi connectivity index (χ3v) is 2.19. The number of amides is 1. The van der Waals surface area contributed by atoms with Crippen molar-refractivity contribution >= 4 is 6.41 Å². The zero-order chi connectivity index (χ0) is 9.68. The number of rotatable bonds is 4. The third-order valence-electron chi connectivity index (χ3n) is 2.19. The molecule has 0 N–H and O–H groups in total. The van der Waals surface area contributed by atoms with Gasteiger partial charge in [-0.3, -0.25) is 4.79 Å². The van der Waals surface area contributed by atoms with Gasteiger partial charge in [0.25, 0.3) is 0 Å². The molecule has 0 aliphatic heterocycles. The van der Waals surface area contributed by atoms with Crippen LogP contribution in [-0.4, -0.2) is 17.9 Å². The summed E-state index contributed by atoms with van der Waals surface area (Å²) in [7, 11) is 0. The Balaban J connectivity index is 2.73. The lowest BCUT2D eigenvalue weighted by Gasteiger charge is -2.15. The lowest BCUT2D eigenvalue weighted by atomic mass is 10.1. The Morgan fingerprint density at radius 1 is 1.38 bits per heavy atom. The predicted molar refractivity (Wildman–Crippen MR) is 53.3 cm³/mol. The Labute approximate surface area is 79.2 Å². The molecule has 0 unspecified atom stereocenters. The molecule has 2 nitrogen and oxygen atoms in total. The number of nitrogens with zero attached hydrogens (tertiary/aromatic N) is 1. The molecule has 0 atom stereocenters. The normalized spacial score (nSPS) is 9.69. The van der Waals surface area contributed by atoms with E-state index < -0.39 is 0 Å². The van der Waals surface area contributed by atoms with Gasteiger partial charge in [-0.2, -0.15) is 0 Å². The second kappa shape index (κ2) is 4.65. The smallest absolute Gasteiger partial charge is 0.209 e. The fourth-order valence-electron chi connectivity index (χ4n) is 1.23. The molecule has 2 heteroatoms. The molecular formula is C11H15NO. The van der Waals surface area contributed by atoms with Crippen molar-refractivity contribution in [2.75, 3.05) is 6.54 Å². The highest BCUT2D eigenvalue weighted by molar-refractivity contribution is 5.47. The van der Waals surface area contributed by atoms with Crippen molar-refractivity contribution in [3.05, 3.63) is 35.4 Å². The van der Waals surface area contributed by atoms with Crippen LogP contribution >= 0.6 is 0 Å². The Hall–Kier alpha value is -1.31. The van der Waals surface area contributed by atoms with Crippen molar-refractivity contribution < 1.29 is 4.79 Å². The van der Waals surface area contributed by atoms with Crippen LogP contribution in [0.4, 0.5) is 0 Å². The van der Waals surface area contributed by atoms with Crippen molar-refractivity contribution in [3.8, 4) is 0 Å². The van der Waals surface area contributed by atoms with Crippen LogP contribution in [0.15, 0.2) is 24.3 Å². The van der Waals surface area contributed by atoms with E-state index in [1.807, 2.05) is 19.1 Å². The molecule has 0 aliphatic carbocycles. The minimum absolute atomic E-state index is 0.715. The lowest BCUT2D eigenvalue weighted by molar-refractivity contribution is -0.118. The summed E-state index contributed by atoms with van der Waals surface area (Å²) in [4.78, 5) is 12.3. The quantitative estimate of drug-likeness (QED) is 0.644. The highest BCUT2D eigenvalue weighted by Gasteiger charge is 2.01. The second-order valence-electron chi connectivity index (χ2n) is 3.09. The van der Waals surface area contributed by atoms with Gasteiger partial charge in [0.15, 0.2) is 0 Å². The zero-order valence-corrected chi connectivity index (χ0v) is 8.16. The van der Waals surface area contributed by atoms with Crippen molar-refractivity contribution in [2.45, 2.75) is 20.4 Å². The molecule has 0 aromatic heterocycles. The SMILES string of the molecule is CCN(C=O)Cc1ccccc1C. The molecule has 1 aromatic carbocycles. The summed E-state index contributed by atoms with van der Waals surface area (Å²) < 4.78 is 0. The first-order valence-electron chi connectivity index (χ1n) is 4.51. The van der Waals surface area contributed by atoms with Gasteiger partial charge in [0.05, 0.1) is 0 Å². The van der Waals surface area contributed by atoms with Crippen LogP contribution in [0.2, 0.25) is 0 Å². The van der Waals surface area contributed by atoms with E-state index in [9.17, 15) is 4.79 Å². The molecule has 13 heavy (non-hydrogen) atoms. The van der Waals surface area contributed by atoms with Gasteiger partial charge in [-0.05, 0) is 25.0 Å². The van der Waals surface area contributed by atoms with Crippen LogP contribution in [0.1, 0.15) is 18.1 Å². The lowest BCUT2D eigenvalue weighted by Crippen LogP contribution is -2.20. The van der Waals surface area contributed by atoms with Gasteiger partial charge in [0.2, 0.25) is 6.41 Å². The molecule has 0 fully saturated rings. The summed E-state index contributed by atoms with van der Waals surface area (Å²) in [5.74, 6) is 0. The maximum Gasteiger partial charge on any atom is 0.209 e. The van der Waals surface area contributed by atoms with E-state index in [0.717, 1.165) is 13.0 Å². The first-order valence-corrected chi connectivity index (χ1v) is 4.51. The van der Waals surface area contributed by atoms with Crippen molar-refractivity contribution in [1.82, 2.24) is 4.90 Å². The minimum Gasteiger partial charge on any atom is -0.341 e. The molecule has 0 spiro atoms. The van der Waals surface area contributed by atoms with Gasteiger partial charge in [0, 0.05) is 13.1 Å². The van der Waals surface area contributed by atoms with Gasteiger partial charge in [-0.1, -0.05) is 24.3 Å². The molecule has 0 heterocycles. The standard InChI is InChI=1S/C11H15NO/c1-3-12(9-13)8-11-7-5-4-6-10(11)2/h4-7,9H,3,8H2,1-2H3. The van der Waals surface area contributed by atoms with Gasteiger partial charge in [0.1, 0.15) is 0 Å². The Morgan fingerprint density at radius 2 is 2.08 bits per heavy atom. The molecule has 1 aromatic rings. The minimum atomic E-state index is 0.715. The molecular weight excluding hydrogens is 162 g/mol. The van der Waals surface area contributed by atoms with Crippen LogP contribution < -0.4 is 0 Å². The molecule has 0 aliphatic rings. The van der Waals surface area contributed by atoms with E-state index in [4.69, 9.17) is 0 Å². The van der Waals surface area contributed by atoms with Crippen molar-refractivity contribution in [3.63, 3.8) is 0 Å². The Kier molecular flexibility index (Phi) is 3.50. The van der Waals surface area contributed by atoms with E-state index in [-0.39, 0.29) is 0 Å². The monoisotopic (exact) mass is 177 g/mol. The Bertz CT molecular complexity index is 283. The predicted octanol–water partition coefficient (Wildman–Crippen LogP) is 1.97. The fourth-order valence-corrected chi connectivity index (χ4v) is 1.23. The van der Waals surface area contributed by atoms with Crippen molar-refractivity contribution in [2.24, 2.45) is 0 Å². The Morgan fingerprint density at radius 3 is 2.62 bits per heavy atom. The summed E-state index contributed by atoms with van der Waals surface area (Å²) in [5.41, 5.74) is 2.46.